The van der Waals surface area contributed by atoms with Crippen LogP contribution in [0.25, 0.3) is 0 Å². The molecule has 1 aliphatic heterocycles. The Labute approximate surface area is 39.6 Å². The largest absolute Gasteiger partial charge is 0.372 e. The lowest BCUT2D eigenvalue weighted by Crippen LogP contribution is -2.07. The van der Waals surface area contributed by atoms with E-state index in [0.717, 1.165) is 0 Å². The smallest absolute Gasteiger partial charge is 0.361 e. The first-order valence-corrected chi connectivity index (χ1v) is 1.81. The summed E-state index contributed by atoms with van der Waals surface area (Å²) in [5.41, 5.74) is 0. The van der Waals surface area contributed by atoms with Gasteiger partial charge in [0, 0.05) is 0 Å². The molecule has 0 amide bonds. The van der Waals surface area contributed by atoms with Crippen LogP contribution in [0, 0.1) is 0 Å². The van der Waals surface area contributed by atoms with E-state index in [4.69, 9.17) is 5.26 Å². The van der Waals surface area contributed by atoms with E-state index in [1.54, 1.807) is 0 Å². The molecule has 0 aromatic carbocycles. The minimum absolute atomic E-state index is 0.374. The van der Waals surface area contributed by atoms with E-state index in [0.29, 0.717) is 6.61 Å². The number of carbonyl (C=O) groups is 1. The number of ether oxygens (including phenoxy) is 1. The molecule has 1 unspecified atom stereocenters. The lowest BCUT2D eigenvalue weighted by atomic mass is 10.5. The molecule has 0 bridgehead atoms. The van der Waals surface area contributed by atoms with Gasteiger partial charge in [0.2, 0.25) is 0 Å². The Kier molecular flexibility index (Phi) is 0.958. The van der Waals surface area contributed by atoms with Crippen LogP contribution < -0.4 is 0 Å². The molecule has 40 valence electrons. The predicted octanol–water partition coefficient (Wildman–Crippen LogP) is -0.599. The van der Waals surface area contributed by atoms with E-state index in [1.165, 1.54) is 0 Å². The zero-order chi connectivity index (χ0) is 5.28. The van der Waals surface area contributed by atoms with Crippen LogP contribution in [0.1, 0.15) is 0 Å². The topological polar surface area (TPSA) is 59.1 Å². The summed E-state index contributed by atoms with van der Waals surface area (Å²) in [6.07, 6.45) is -0.495. The summed E-state index contributed by atoms with van der Waals surface area (Å²) >= 11 is 0. The van der Waals surface area contributed by atoms with E-state index >= 15 is 0 Å². The number of epoxide rings is 1. The van der Waals surface area contributed by atoms with Gasteiger partial charge < -0.3 is 4.74 Å². The summed E-state index contributed by atoms with van der Waals surface area (Å²) < 4.78 is 4.43. The highest BCUT2D eigenvalue weighted by Gasteiger charge is 2.33. The molecule has 0 radical (unpaired) electrons. The molecule has 0 saturated carbocycles. The highest BCUT2D eigenvalue weighted by atomic mass is 17.1. The number of rotatable bonds is 1. The first kappa shape index (κ1) is 4.55. The van der Waals surface area contributed by atoms with Gasteiger partial charge in [-0.3, -0.25) is 4.89 Å². The van der Waals surface area contributed by atoms with Gasteiger partial charge in [-0.05, 0) is 0 Å². The monoisotopic (exact) mass is 104 g/mol. The van der Waals surface area contributed by atoms with E-state index < -0.39 is 12.1 Å². The van der Waals surface area contributed by atoms with Gasteiger partial charge in [-0.15, -0.1) is 0 Å². The van der Waals surface area contributed by atoms with Crippen LogP contribution in [0.3, 0.4) is 0 Å². The van der Waals surface area contributed by atoms with Gasteiger partial charge in [-0.1, -0.05) is 0 Å². The Morgan fingerprint density at radius 3 is 2.71 bits per heavy atom. The van der Waals surface area contributed by atoms with E-state index in [1.807, 2.05) is 0 Å². The zero-order valence-electron chi connectivity index (χ0n) is 3.46. The lowest BCUT2D eigenvalue weighted by molar-refractivity contribution is -0.235. The standard InChI is InChI=1S/C3H4O4/c4-3(7-5)2-1-6-2/h2,5H,1H2. The van der Waals surface area contributed by atoms with Crippen molar-refractivity contribution in [1.29, 1.82) is 0 Å². The normalized spacial score (nSPS) is 26.7. The highest BCUT2D eigenvalue weighted by molar-refractivity contribution is 5.76. The number of hydrogen-bond donors (Lipinski definition) is 1. The maximum Gasteiger partial charge on any atom is 0.372 e. The molecule has 1 aliphatic rings. The van der Waals surface area contributed by atoms with Crippen molar-refractivity contribution in [3.8, 4) is 0 Å². The van der Waals surface area contributed by atoms with Crippen LogP contribution >= 0.6 is 0 Å². The van der Waals surface area contributed by atoms with Crippen molar-refractivity contribution in [2.45, 2.75) is 6.10 Å². The van der Waals surface area contributed by atoms with Crippen LogP contribution in [0.15, 0.2) is 0 Å². The Hall–Kier alpha value is -0.610. The number of hydrogen-bond acceptors (Lipinski definition) is 4. The minimum atomic E-state index is -0.708. The van der Waals surface area contributed by atoms with Crippen molar-refractivity contribution in [1.82, 2.24) is 0 Å². The van der Waals surface area contributed by atoms with Gasteiger partial charge in [-0.25, -0.2) is 4.79 Å². The van der Waals surface area contributed by atoms with Gasteiger partial charge in [-0.2, -0.15) is 5.26 Å². The summed E-state index contributed by atoms with van der Waals surface area (Å²) in [6.45, 7) is 0.374. The van der Waals surface area contributed by atoms with Crippen molar-refractivity contribution >= 4 is 5.97 Å². The van der Waals surface area contributed by atoms with Crippen LogP contribution in [0.4, 0.5) is 0 Å². The maximum absolute atomic E-state index is 9.98. The van der Waals surface area contributed by atoms with Gasteiger partial charge in [0.1, 0.15) is 0 Å². The second-order valence-electron chi connectivity index (χ2n) is 1.23. The van der Waals surface area contributed by atoms with Gasteiger partial charge >= 0.3 is 5.97 Å². The Morgan fingerprint density at radius 1 is 2.00 bits per heavy atom. The Bertz CT molecular complexity index is 84.9. The molecule has 0 aliphatic carbocycles. The summed E-state index contributed by atoms with van der Waals surface area (Å²) in [7, 11) is 0. The molecule has 7 heavy (non-hydrogen) atoms. The van der Waals surface area contributed by atoms with Crippen molar-refractivity contribution in [3.05, 3.63) is 0 Å². The van der Waals surface area contributed by atoms with E-state index in [2.05, 4.69) is 9.62 Å². The summed E-state index contributed by atoms with van der Waals surface area (Å²) in [5.74, 6) is -0.708. The van der Waals surface area contributed by atoms with Crippen molar-refractivity contribution in [3.63, 3.8) is 0 Å². The third-order valence-electron chi connectivity index (χ3n) is 0.686. The molecule has 0 spiro atoms. The average Bonchev–Trinajstić information content (AvgIpc) is 2.44. The van der Waals surface area contributed by atoms with Crippen molar-refractivity contribution < 1.29 is 19.7 Å². The molecule has 1 rings (SSSR count). The SMILES string of the molecule is O=C(OO)C1CO1. The molecule has 4 nitrogen and oxygen atoms in total. The number of carbonyl (C=O) groups excluding carboxylic acids is 1. The van der Waals surface area contributed by atoms with E-state index in [-0.39, 0.29) is 0 Å². The van der Waals surface area contributed by atoms with Crippen LogP contribution in [0.2, 0.25) is 0 Å². The molecule has 4 heteroatoms. The maximum atomic E-state index is 9.98. The summed E-state index contributed by atoms with van der Waals surface area (Å²) in [5, 5.41) is 7.62. The summed E-state index contributed by atoms with van der Waals surface area (Å²) in [4.78, 5) is 13.3. The van der Waals surface area contributed by atoms with Crippen LogP contribution in [0.5, 0.6) is 0 Å². The first-order chi connectivity index (χ1) is 3.34. The molecule has 0 aromatic heterocycles. The second-order valence-corrected chi connectivity index (χ2v) is 1.23. The molecule has 1 heterocycles. The highest BCUT2D eigenvalue weighted by Crippen LogP contribution is 2.08. The Balaban J connectivity index is 2.24. The fraction of sp³-hybridized carbons (Fsp3) is 0.667. The minimum Gasteiger partial charge on any atom is -0.361 e. The Morgan fingerprint density at radius 2 is 2.57 bits per heavy atom. The quantitative estimate of drug-likeness (QED) is 0.274. The van der Waals surface area contributed by atoms with Gasteiger partial charge in [0.25, 0.3) is 0 Å². The second kappa shape index (κ2) is 1.48. The predicted molar refractivity (Wildman–Crippen MR) is 18.5 cm³/mol. The molecule has 0 aromatic rings. The zero-order valence-corrected chi connectivity index (χ0v) is 3.46. The molecule has 1 saturated heterocycles. The fourth-order valence-corrected chi connectivity index (χ4v) is 0.243. The molecular formula is C3H4O4. The van der Waals surface area contributed by atoms with Crippen molar-refractivity contribution in [2.75, 3.05) is 6.61 Å². The molecule has 1 atom stereocenters. The molecule has 1 fully saturated rings. The summed E-state index contributed by atoms with van der Waals surface area (Å²) in [6, 6.07) is 0. The molecule has 1 N–H and O–H groups in total. The van der Waals surface area contributed by atoms with Crippen LogP contribution in [-0.4, -0.2) is 23.9 Å². The van der Waals surface area contributed by atoms with E-state index in [9.17, 15) is 4.79 Å². The third kappa shape index (κ3) is 0.880. The average molecular weight is 104 g/mol. The van der Waals surface area contributed by atoms with Gasteiger partial charge in [0.05, 0.1) is 6.61 Å². The fourth-order valence-electron chi connectivity index (χ4n) is 0.243. The lowest BCUT2D eigenvalue weighted by Gasteiger charge is -1.83. The van der Waals surface area contributed by atoms with Gasteiger partial charge in [0.15, 0.2) is 6.10 Å². The first-order valence-electron chi connectivity index (χ1n) is 1.81. The third-order valence-corrected chi connectivity index (χ3v) is 0.686. The van der Waals surface area contributed by atoms with Crippen LogP contribution in [-0.2, 0) is 14.4 Å². The molecular weight excluding hydrogens is 100 g/mol. The van der Waals surface area contributed by atoms with Crippen molar-refractivity contribution in [2.24, 2.45) is 0 Å².